The molecule has 0 aliphatic carbocycles. The maximum atomic E-state index is 13.6. The summed E-state index contributed by atoms with van der Waals surface area (Å²) in [5.41, 5.74) is 0.782. The van der Waals surface area contributed by atoms with E-state index in [2.05, 4.69) is 4.98 Å². The Labute approximate surface area is 126 Å². The number of benzene rings is 1. The van der Waals surface area contributed by atoms with Gasteiger partial charge >= 0.3 is 0 Å². The van der Waals surface area contributed by atoms with Crippen LogP contribution in [0.25, 0.3) is 11.1 Å². The summed E-state index contributed by atoms with van der Waals surface area (Å²) in [5, 5.41) is 0.992. The van der Waals surface area contributed by atoms with Gasteiger partial charge in [-0.1, -0.05) is 34.8 Å². The Kier molecular flexibility index (Phi) is 4.13. The monoisotopic (exact) mass is 401 g/mol. The molecule has 1 heterocycles. The van der Waals surface area contributed by atoms with Gasteiger partial charge in [-0.25, -0.2) is 4.98 Å². The molecule has 0 aliphatic heterocycles. The number of hydrogen-bond donors (Lipinski definition) is 0. The van der Waals surface area contributed by atoms with Gasteiger partial charge in [0, 0.05) is 20.9 Å². The van der Waals surface area contributed by atoms with Crippen molar-refractivity contribution in [2.45, 2.75) is 0 Å². The van der Waals surface area contributed by atoms with E-state index in [4.69, 9.17) is 34.8 Å². The topological polar surface area (TPSA) is 12.9 Å². The van der Waals surface area contributed by atoms with E-state index in [1.807, 2.05) is 22.6 Å². The van der Waals surface area contributed by atoms with Gasteiger partial charge in [-0.3, -0.25) is 0 Å². The smallest absolute Gasteiger partial charge is 0.220 e. The Morgan fingerprint density at radius 3 is 2.29 bits per heavy atom. The molecule has 0 atom stereocenters. The minimum atomic E-state index is -0.592. The van der Waals surface area contributed by atoms with Gasteiger partial charge in [-0.15, -0.1) is 0 Å². The first-order chi connectivity index (χ1) is 7.99. The third kappa shape index (κ3) is 2.84. The Bertz CT molecular complexity index is 589. The molecule has 2 aromatic rings. The molecule has 1 aromatic carbocycles. The molecule has 1 nitrogen and oxygen atoms in total. The molecule has 2 rings (SSSR count). The zero-order chi connectivity index (χ0) is 12.6. The molecule has 0 unspecified atom stereocenters. The lowest BCUT2D eigenvalue weighted by Crippen LogP contribution is -1.91. The zero-order valence-corrected chi connectivity index (χ0v) is 12.6. The van der Waals surface area contributed by atoms with Crippen molar-refractivity contribution in [3.63, 3.8) is 0 Å². The lowest BCUT2D eigenvalue weighted by atomic mass is 10.1. The summed E-state index contributed by atoms with van der Waals surface area (Å²) in [6.45, 7) is 0. The lowest BCUT2D eigenvalue weighted by Gasteiger charge is -2.07. The fourth-order valence-electron chi connectivity index (χ4n) is 1.34. The molecule has 0 saturated heterocycles. The number of nitrogens with zero attached hydrogens (tertiary/aromatic N) is 1. The number of aromatic nitrogens is 1. The van der Waals surface area contributed by atoms with Crippen LogP contribution in [-0.4, -0.2) is 4.98 Å². The van der Waals surface area contributed by atoms with E-state index in [9.17, 15) is 4.39 Å². The summed E-state index contributed by atoms with van der Waals surface area (Å²) >= 11 is 19.8. The highest BCUT2D eigenvalue weighted by Gasteiger charge is 2.13. The molecule has 17 heavy (non-hydrogen) atoms. The molecule has 1 aromatic heterocycles. The van der Waals surface area contributed by atoms with Crippen molar-refractivity contribution in [2.24, 2.45) is 0 Å². The molecule has 0 amide bonds. The van der Waals surface area contributed by atoms with Crippen LogP contribution in [0.2, 0.25) is 15.1 Å². The van der Waals surface area contributed by atoms with Crippen LogP contribution < -0.4 is 0 Å². The van der Waals surface area contributed by atoms with Crippen molar-refractivity contribution in [3.8, 4) is 11.1 Å². The molecule has 0 radical (unpaired) electrons. The van der Waals surface area contributed by atoms with E-state index in [0.29, 0.717) is 26.2 Å². The minimum Gasteiger partial charge on any atom is -0.227 e. The van der Waals surface area contributed by atoms with Crippen LogP contribution in [0.1, 0.15) is 0 Å². The molecule has 0 saturated carbocycles. The SMILES string of the molecule is Fc1ncc(I)cc1-c1cc(Cl)c(Cl)cc1Cl. The second-order valence-electron chi connectivity index (χ2n) is 3.24. The zero-order valence-electron chi connectivity index (χ0n) is 8.15. The number of rotatable bonds is 1. The van der Waals surface area contributed by atoms with Gasteiger partial charge in [-0.2, -0.15) is 4.39 Å². The first kappa shape index (κ1) is 13.3. The third-order valence-corrected chi connectivity index (χ3v) is 3.73. The van der Waals surface area contributed by atoms with Gasteiger partial charge in [0.25, 0.3) is 0 Å². The first-order valence-electron chi connectivity index (χ1n) is 4.45. The predicted octanol–water partition coefficient (Wildman–Crippen LogP) is 5.45. The van der Waals surface area contributed by atoms with E-state index in [-0.39, 0.29) is 0 Å². The summed E-state index contributed by atoms with van der Waals surface area (Å²) in [4.78, 5) is 3.64. The van der Waals surface area contributed by atoms with Crippen LogP contribution in [0.15, 0.2) is 24.4 Å². The maximum absolute atomic E-state index is 13.6. The van der Waals surface area contributed by atoms with Crippen molar-refractivity contribution in [1.29, 1.82) is 0 Å². The second-order valence-corrected chi connectivity index (χ2v) is 5.71. The largest absolute Gasteiger partial charge is 0.227 e. The van der Waals surface area contributed by atoms with Gasteiger partial charge in [0.15, 0.2) is 0 Å². The molecule has 0 spiro atoms. The molecule has 0 fully saturated rings. The highest BCUT2D eigenvalue weighted by Crippen LogP contribution is 2.36. The van der Waals surface area contributed by atoms with E-state index < -0.39 is 5.95 Å². The van der Waals surface area contributed by atoms with Crippen LogP contribution >= 0.6 is 57.4 Å². The summed E-state index contributed by atoms with van der Waals surface area (Å²) in [5.74, 6) is -0.592. The van der Waals surface area contributed by atoms with Gasteiger partial charge in [0.1, 0.15) is 0 Å². The summed E-state index contributed by atoms with van der Waals surface area (Å²) in [6, 6.07) is 4.66. The minimum absolute atomic E-state index is 0.306. The molecule has 0 N–H and O–H groups in total. The highest BCUT2D eigenvalue weighted by molar-refractivity contribution is 14.1. The van der Waals surface area contributed by atoms with Crippen LogP contribution in [0.5, 0.6) is 0 Å². The first-order valence-corrected chi connectivity index (χ1v) is 6.66. The van der Waals surface area contributed by atoms with Gasteiger partial charge in [0.2, 0.25) is 5.95 Å². The number of hydrogen-bond acceptors (Lipinski definition) is 1. The van der Waals surface area contributed by atoms with Crippen LogP contribution in [0.4, 0.5) is 4.39 Å². The molecule has 88 valence electrons. The Hall–Kier alpha value is -0.100. The average Bonchev–Trinajstić information content (AvgIpc) is 2.27. The van der Waals surface area contributed by atoms with Crippen molar-refractivity contribution < 1.29 is 4.39 Å². The Balaban J connectivity index is 2.68. The van der Waals surface area contributed by atoms with Gasteiger partial charge in [0.05, 0.1) is 15.1 Å². The van der Waals surface area contributed by atoms with E-state index in [0.717, 1.165) is 3.57 Å². The molecular weight excluding hydrogens is 398 g/mol. The second kappa shape index (κ2) is 5.26. The maximum Gasteiger partial charge on any atom is 0.220 e. The molecular formula is C11H4Cl3FIN. The average molecular weight is 402 g/mol. The van der Waals surface area contributed by atoms with Gasteiger partial charge in [-0.05, 0) is 40.8 Å². The van der Waals surface area contributed by atoms with E-state index >= 15 is 0 Å². The third-order valence-electron chi connectivity index (χ3n) is 2.11. The standard InChI is InChI=1S/C11H4Cl3FIN/c12-8-3-10(14)9(13)2-6(8)7-1-5(16)4-17-11(7)15/h1-4H. The van der Waals surface area contributed by atoms with Crippen molar-refractivity contribution in [1.82, 2.24) is 4.98 Å². The van der Waals surface area contributed by atoms with Crippen LogP contribution in [0.3, 0.4) is 0 Å². The fraction of sp³-hybridized carbons (Fsp3) is 0. The van der Waals surface area contributed by atoms with Crippen molar-refractivity contribution in [3.05, 3.63) is 49.0 Å². The Morgan fingerprint density at radius 2 is 1.59 bits per heavy atom. The van der Waals surface area contributed by atoms with Crippen LogP contribution in [0, 0.1) is 9.52 Å². The number of pyridine rings is 1. The highest BCUT2D eigenvalue weighted by atomic mass is 127. The van der Waals surface area contributed by atoms with Crippen LogP contribution in [-0.2, 0) is 0 Å². The molecule has 0 aliphatic rings. The van der Waals surface area contributed by atoms with E-state index in [1.165, 1.54) is 18.3 Å². The normalized spacial score (nSPS) is 10.6. The number of halogens is 5. The predicted molar refractivity (Wildman–Crippen MR) is 77.4 cm³/mol. The lowest BCUT2D eigenvalue weighted by molar-refractivity contribution is 0.587. The summed E-state index contributed by atoms with van der Waals surface area (Å²) in [6.07, 6.45) is 1.44. The quantitative estimate of drug-likeness (QED) is 0.351. The fourth-order valence-corrected chi connectivity index (χ4v) is 2.44. The van der Waals surface area contributed by atoms with Gasteiger partial charge < -0.3 is 0 Å². The summed E-state index contributed by atoms with van der Waals surface area (Å²) < 4.78 is 14.4. The van der Waals surface area contributed by atoms with E-state index in [1.54, 1.807) is 6.07 Å². The molecule has 0 bridgehead atoms. The summed E-state index contributed by atoms with van der Waals surface area (Å²) in [7, 11) is 0. The molecule has 6 heteroatoms. The Morgan fingerprint density at radius 1 is 0.941 bits per heavy atom. The van der Waals surface area contributed by atoms with Crippen molar-refractivity contribution in [2.75, 3.05) is 0 Å². The van der Waals surface area contributed by atoms with Crippen molar-refractivity contribution >= 4 is 57.4 Å².